The summed E-state index contributed by atoms with van der Waals surface area (Å²) in [6.45, 7) is 2.28. The van der Waals surface area contributed by atoms with Gasteiger partial charge in [0.25, 0.3) is 0 Å². The maximum Gasteiger partial charge on any atom is 0.0214 e. The third-order valence-electron chi connectivity index (χ3n) is 5.03. The van der Waals surface area contributed by atoms with E-state index in [1.807, 2.05) is 0 Å². The molecule has 0 heterocycles. The van der Waals surface area contributed by atoms with Crippen molar-refractivity contribution in [2.45, 2.75) is 58.3 Å². The molecule has 0 saturated carbocycles. The van der Waals surface area contributed by atoms with Crippen LogP contribution in [0.5, 0.6) is 0 Å². The van der Waals surface area contributed by atoms with Crippen molar-refractivity contribution in [1.29, 1.82) is 0 Å². The van der Waals surface area contributed by atoms with Gasteiger partial charge < -0.3 is 0 Å². The van der Waals surface area contributed by atoms with Crippen molar-refractivity contribution in [3.8, 4) is 0 Å². The quantitative estimate of drug-likeness (QED) is 0.425. The maximum absolute atomic E-state index is 2.38. The second-order valence-electron chi connectivity index (χ2n) is 6.86. The van der Waals surface area contributed by atoms with Gasteiger partial charge in [-0.2, -0.15) is 0 Å². The van der Waals surface area contributed by atoms with Crippen molar-refractivity contribution in [2.24, 2.45) is 0 Å². The summed E-state index contributed by atoms with van der Waals surface area (Å²) in [7, 11) is 0. The van der Waals surface area contributed by atoms with Gasteiger partial charge in [0.15, 0.2) is 0 Å². The monoisotopic (exact) mass is 317 g/mol. The van der Waals surface area contributed by atoms with Crippen LogP contribution in [0.4, 0.5) is 0 Å². The van der Waals surface area contributed by atoms with Gasteiger partial charge in [-0.1, -0.05) is 100 Å². The molecule has 0 fully saturated rings. The average molecular weight is 317 g/mol. The van der Waals surface area contributed by atoms with Crippen molar-refractivity contribution in [3.63, 3.8) is 0 Å². The van der Waals surface area contributed by atoms with Crippen molar-refractivity contribution in [1.82, 2.24) is 0 Å². The van der Waals surface area contributed by atoms with Crippen LogP contribution in [-0.4, -0.2) is 0 Å². The van der Waals surface area contributed by atoms with Crippen molar-refractivity contribution < 1.29 is 0 Å². The van der Waals surface area contributed by atoms with Crippen LogP contribution in [0.2, 0.25) is 0 Å². The molecule has 0 nitrogen and oxygen atoms in total. The van der Waals surface area contributed by atoms with Gasteiger partial charge in [0.05, 0.1) is 0 Å². The summed E-state index contributed by atoms with van der Waals surface area (Å²) in [6.07, 6.45) is 13.2. The molecule has 0 heteroatoms. The highest BCUT2D eigenvalue weighted by Crippen LogP contribution is 2.42. The summed E-state index contributed by atoms with van der Waals surface area (Å²) in [6, 6.07) is 19.7. The smallest absolute Gasteiger partial charge is 0.0214 e. The molecule has 0 atom stereocenters. The Morgan fingerprint density at radius 1 is 0.667 bits per heavy atom. The van der Waals surface area contributed by atoms with Gasteiger partial charge in [-0.3, -0.25) is 0 Å². The van der Waals surface area contributed by atoms with E-state index >= 15 is 0 Å². The number of hydrogen-bond acceptors (Lipinski definition) is 0. The first-order valence-corrected chi connectivity index (χ1v) is 9.63. The molecule has 0 amide bonds. The van der Waals surface area contributed by atoms with E-state index in [1.165, 1.54) is 73.6 Å². The lowest BCUT2D eigenvalue weighted by atomic mass is 9.95. The van der Waals surface area contributed by atoms with E-state index in [2.05, 4.69) is 67.9 Å². The zero-order valence-electron chi connectivity index (χ0n) is 14.9. The lowest BCUT2D eigenvalue weighted by molar-refractivity contribution is 0.594. The molecular weight excluding hydrogens is 288 g/mol. The minimum Gasteiger partial charge on any atom is -0.0654 e. The van der Waals surface area contributed by atoms with E-state index in [9.17, 15) is 0 Å². The van der Waals surface area contributed by atoms with E-state index in [4.69, 9.17) is 0 Å². The Kier molecular flexibility index (Phi) is 6.29. The number of unbranched alkanes of at least 4 members (excludes halogenated alkanes) is 6. The number of allylic oxidation sites excluding steroid dienone is 2. The van der Waals surface area contributed by atoms with Crippen molar-refractivity contribution >= 4 is 11.1 Å². The predicted octanol–water partition coefficient (Wildman–Crippen LogP) is 7.30. The fraction of sp³-hybridized carbons (Fsp3) is 0.375. The topological polar surface area (TPSA) is 0 Å². The SMILES string of the molecule is CCCCCCCCCC1=C(c2ccccc2)[CH]c2ccccc21. The normalized spacial score (nSPS) is 13.4. The Morgan fingerprint density at radius 2 is 1.33 bits per heavy atom. The van der Waals surface area contributed by atoms with Gasteiger partial charge in [0.1, 0.15) is 0 Å². The molecule has 0 spiro atoms. The average Bonchev–Trinajstić information content (AvgIpc) is 3.00. The van der Waals surface area contributed by atoms with Gasteiger partial charge in [-0.05, 0) is 40.7 Å². The van der Waals surface area contributed by atoms with Gasteiger partial charge in [-0.25, -0.2) is 0 Å². The number of rotatable bonds is 9. The minimum absolute atomic E-state index is 1.20. The molecule has 0 aromatic heterocycles. The third kappa shape index (κ3) is 4.17. The minimum atomic E-state index is 1.20. The van der Waals surface area contributed by atoms with E-state index in [0.29, 0.717) is 0 Å². The summed E-state index contributed by atoms with van der Waals surface area (Å²) in [5, 5.41) is 0. The van der Waals surface area contributed by atoms with Gasteiger partial charge in [0.2, 0.25) is 0 Å². The number of hydrogen-bond donors (Lipinski definition) is 0. The van der Waals surface area contributed by atoms with Crippen molar-refractivity contribution in [3.05, 3.63) is 77.7 Å². The van der Waals surface area contributed by atoms with Crippen LogP contribution < -0.4 is 0 Å². The summed E-state index contributed by atoms with van der Waals surface area (Å²) < 4.78 is 0. The molecule has 0 bridgehead atoms. The molecule has 1 aliphatic rings. The van der Waals surface area contributed by atoms with E-state index in [1.54, 1.807) is 5.57 Å². The summed E-state index contributed by atoms with van der Waals surface area (Å²) in [4.78, 5) is 0. The van der Waals surface area contributed by atoms with Crippen LogP contribution in [-0.2, 0) is 0 Å². The summed E-state index contributed by atoms with van der Waals surface area (Å²) >= 11 is 0. The number of benzene rings is 2. The molecule has 0 aliphatic heterocycles. The van der Waals surface area contributed by atoms with Gasteiger partial charge in [-0.15, -0.1) is 0 Å². The highest BCUT2D eigenvalue weighted by Gasteiger charge is 2.21. The lowest BCUT2D eigenvalue weighted by Crippen LogP contribution is -1.88. The fourth-order valence-corrected chi connectivity index (χ4v) is 3.69. The molecular formula is C24H29. The first-order valence-electron chi connectivity index (χ1n) is 9.63. The zero-order chi connectivity index (χ0) is 16.6. The van der Waals surface area contributed by atoms with E-state index in [-0.39, 0.29) is 0 Å². The summed E-state index contributed by atoms with van der Waals surface area (Å²) in [5.41, 5.74) is 7.16. The van der Waals surface area contributed by atoms with Crippen LogP contribution in [0.25, 0.3) is 11.1 Å². The van der Waals surface area contributed by atoms with Crippen LogP contribution in [0.3, 0.4) is 0 Å². The molecule has 125 valence electrons. The standard InChI is InChI=1S/C24H29/c1-2-3-4-5-6-7-11-18-23-22-17-13-12-16-21(22)19-24(23)20-14-9-8-10-15-20/h8-10,12-17,19H,2-7,11,18H2,1H3. The zero-order valence-corrected chi connectivity index (χ0v) is 14.9. The molecule has 3 rings (SSSR count). The Balaban J connectivity index is 1.66. The Bertz CT molecular complexity index is 663. The third-order valence-corrected chi connectivity index (χ3v) is 5.03. The first kappa shape index (κ1) is 17.0. The molecule has 1 aliphatic carbocycles. The molecule has 0 unspecified atom stereocenters. The lowest BCUT2D eigenvalue weighted by Gasteiger charge is -2.09. The predicted molar refractivity (Wildman–Crippen MR) is 106 cm³/mol. The van der Waals surface area contributed by atoms with Crippen LogP contribution in [0.1, 0.15) is 75.0 Å². The van der Waals surface area contributed by atoms with Crippen LogP contribution in [0.15, 0.2) is 54.6 Å². The number of fused-ring (bicyclic) bond motifs is 1. The summed E-state index contributed by atoms with van der Waals surface area (Å²) in [5.74, 6) is 0. The van der Waals surface area contributed by atoms with Gasteiger partial charge >= 0.3 is 0 Å². The highest BCUT2D eigenvalue weighted by atomic mass is 14.3. The van der Waals surface area contributed by atoms with E-state index in [0.717, 1.165) is 0 Å². The molecule has 0 saturated heterocycles. The second-order valence-corrected chi connectivity index (χ2v) is 6.86. The Labute approximate surface area is 147 Å². The van der Waals surface area contributed by atoms with Gasteiger partial charge in [0, 0.05) is 6.42 Å². The Hall–Kier alpha value is -1.82. The van der Waals surface area contributed by atoms with E-state index < -0.39 is 0 Å². The molecule has 2 aromatic carbocycles. The first-order chi connectivity index (χ1) is 11.9. The Morgan fingerprint density at radius 3 is 2.12 bits per heavy atom. The molecule has 24 heavy (non-hydrogen) atoms. The highest BCUT2D eigenvalue weighted by molar-refractivity contribution is 6.02. The van der Waals surface area contributed by atoms with Crippen LogP contribution >= 0.6 is 0 Å². The largest absolute Gasteiger partial charge is 0.0654 e. The molecule has 0 N–H and O–H groups in total. The fourth-order valence-electron chi connectivity index (χ4n) is 3.69. The maximum atomic E-state index is 2.38. The molecule has 1 radical (unpaired) electrons. The second kappa shape index (κ2) is 8.87. The molecule has 2 aromatic rings. The van der Waals surface area contributed by atoms with Crippen LogP contribution in [0, 0.1) is 6.42 Å². The van der Waals surface area contributed by atoms with Crippen molar-refractivity contribution in [2.75, 3.05) is 0 Å².